The van der Waals surface area contributed by atoms with Crippen molar-refractivity contribution in [3.05, 3.63) is 0 Å². The standard InChI is InChI=1S/C11H20N2O3S/c1-11(2,4-3-9(14)15)13-10(16)8-7-17-6-5-12-8/h8,12H,3-7H2,1-2H3,(H,13,16)(H,14,15). The molecule has 1 unspecified atom stereocenters. The molecule has 1 rings (SSSR count). The summed E-state index contributed by atoms with van der Waals surface area (Å²) in [6.45, 7) is 4.55. The minimum absolute atomic E-state index is 0.0346. The van der Waals surface area contributed by atoms with Crippen molar-refractivity contribution < 1.29 is 14.7 Å². The van der Waals surface area contributed by atoms with E-state index in [1.165, 1.54) is 0 Å². The highest BCUT2D eigenvalue weighted by molar-refractivity contribution is 7.99. The van der Waals surface area contributed by atoms with Gasteiger partial charge in [-0.25, -0.2) is 0 Å². The lowest BCUT2D eigenvalue weighted by molar-refractivity contribution is -0.138. The molecule has 0 radical (unpaired) electrons. The van der Waals surface area contributed by atoms with Crippen molar-refractivity contribution in [2.45, 2.75) is 38.3 Å². The molecule has 1 aliphatic heterocycles. The molecule has 0 spiro atoms. The number of carbonyl (C=O) groups excluding carboxylic acids is 1. The number of rotatable bonds is 5. The van der Waals surface area contributed by atoms with Crippen LogP contribution in [-0.4, -0.2) is 46.6 Å². The van der Waals surface area contributed by atoms with Gasteiger partial charge < -0.3 is 15.7 Å². The molecule has 0 aliphatic carbocycles. The van der Waals surface area contributed by atoms with E-state index in [9.17, 15) is 9.59 Å². The van der Waals surface area contributed by atoms with E-state index in [0.717, 1.165) is 18.1 Å². The van der Waals surface area contributed by atoms with Crippen LogP contribution >= 0.6 is 11.8 Å². The maximum atomic E-state index is 11.9. The van der Waals surface area contributed by atoms with Crippen LogP contribution < -0.4 is 10.6 Å². The van der Waals surface area contributed by atoms with Gasteiger partial charge in [0.15, 0.2) is 0 Å². The Balaban J connectivity index is 2.39. The summed E-state index contributed by atoms with van der Waals surface area (Å²) in [4.78, 5) is 22.4. The third-order valence-electron chi connectivity index (χ3n) is 2.66. The fraction of sp³-hybridized carbons (Fsp3) is 0.818. The summed E-state index contributed by atoms with van der Waals surface area (Å²) in [6, 6.07) is -0.155. The van der Waals surface area contributed by atoms with E-state index in [4.69, 9.17) is 5.11 Å². The van der Waals surface area contributed by atoms with Gasteiger partial charge in [0.2, 0.25) is 5.91 Å². The quantitative estimate of drug-likeness (QED) is 0.669. The van der Waals surface area contributed by atoms with E-state index in [-0.39, 0.29) is 18.4 Å². The van der Waals surface area contributed by atoms with Crippen molar-refractivity contribution in [3.63, 3.8) is 0 Å². The van der Waals surface area contributed by atoms with Crippen molar-refractivity contribution in [2.75, 3.05) is 18.1 Å². The lowest BCUT2D eigenvalue weighted by Gasteiger charge is -2.30. The van der Waals surface area contributed by atoms with Crippen LogP contribution in [0.3, 0.4) is 0 Å². The van der Waals surface area contributed by atoms with Crippen LogP contribution in [0.25, 0.3) is 0 Å². The number of carboxylic acids is 1. The molecule has 17 heavy (non-hydrogen) atoms. The number of amides is 1. The number of carbonyl (C=O) groups is 2. The van der Waals surface area contributed by atoms with Gasteiger partial charge in [0.05, 0.1) is 6.04 Å². The van der Waals surface area contributed by atoms with E-state index in [1.807, 2.05) is 13.8 Å². The number of aliphatic carboxylic acids is 1. The zero-order valence-electron chi connectivity index (χ0n) is 10.3. The van der Waals surface area contributed by atoms with Gasteiger partial charge in [-0.15, -0.1) is 0 Å². The summed E-state index contributed by atoms with van der Waals surface area (Å²) in [6.07, 6.45) is 0.508. The van der Waals surface area contributed by atoms with Crippen LogP contribution in [0.2, 0.25) is 0 Å². The molecule has 1 saturated heterocycles. The van der Waals surface area contributed by atoms with E-state index in [2.05, 4.69) is 10.6 Å². The van der Waals surface area contributed by atoms with Gasteiger partial charge in [-0.3, -0.25) is 9.59 Å². The first kappa shape index (κ1) is 14.3. The van der Waals surface area contributed by atoms with Gasteiger partial charge in [0.25, 0.3) is 0 Å². The summed E-state index contributed by atoms with van der Waals surface area (Å²) in [5.41, 5.74) is -0.473. The highest BCUT2D eigenvalue weighted by Gasteiger charge is 2.27. The second-order valence-corrected chi connectivity index (χ2v) is 6.00. The number of hydrogen-bond donors (Lipinski definition) is 3. The second kappa shape index (κ2) is 6.26. The van der Waals surface area contributed by atoms with Crippen LogP contribution in [-0.2, 0) is 9.59 Å². The predicted molar refractivity (Wildman–Crippen MR) is 68.2 cm³/mol. The highest BCUT2D eigenvalue weighted by atomic mass is 32.2. The molecular weight excluding hydrogens is 240 g/mol. The monoisotopic (exact) mass is 260 g/mol. The number of nitrogens with one attached hydrogen (secondary N) is 2. The zero-order chi connectivity index (χ0) is 12.9. The Morgan fingerprint density at radius 2 is 2.24 bits per heavy atom. The summed E-state index contributed by atoms with van der Waals surface area (Å²) in [5.74, 6) is 0.943. The lowest BCUT2D eigenvalue weighted by atomic mass is 9.98. The Morgan fingerprint density at radius 3 is 2.76 bits per heavy atom. The zero-order valence-corrected chi connectivity index (χ0v) is 11.1. The van der Waals surface area contributed by atoms with Gasteiger partial charge in [0, 0.05) is 30.0 Å². The second-order valence-electron chi connectivity index (χ2n) is 4.85. The normalized spacial score (nSPS) is 20.9. The topological polar surface area (TPSA) is 78.4 Å². The number of carboxylic acid groups (broad SMARTS) is 1. The molecule has 6 heteroatoms. The molecule has 0 saturated carbocycles. The van der Waals surface area contributed by atoms with Crippen LogP contribution in [0.1, 0.15) is 26.7 Å². The van der Waals surface area contributed by atoms with Crippen molar-refractivity contribution in [1.82, 2.24) is 10.6 Å². The fourth-order valence-electron chi connectivity index (χ4n) is 1.64. The van der Waals surface area contributed by atoms with Gasteiger partial charge in [-0.2, -0.15) is 11.8 Å². The highest BCUT2D eigenvalue weighted by Crippen LogP contribution is 2.13. The van der Waals surface area contributed by atoms with Crippen molar-refractivity contribution in [2.24, 2.45) is 0 Å². The molecular formula is C11H20N2O3S. The first-order chi connectivity index (χ1) is 7.91. The largest absolute Gasteiger partial charge is 0.481 e. The molecule has 1 aliphatic rings. The van der Waals surface area contributed by atoms with E-state index in [0.29, 0.717) is 6.42 Å². The SMILES string of the molecule is CC(C)(CCC(=O)O)NC(=O)C1CSCCN1. The third kappa shape index (κ3) is 5.41. The van der Waals surface area contributed by atoms with Gasteiger partial charge in [-0.05, 0) is 20.3 Å². The Labute approximate surface area is 106 Å². The average molecular weight is 260 g/mol. The van der Waals surface area contributed by atoms with Crippen LogP contribution in [0.5, 0.6) is 0 Å². The van der Waals surface area contributed by atoms with Crippen molar-refractivity contribution in [3.8, 4) is 0 Å². The van der Waals surface area contributed by atoms with Gasteiger partial charge in [0.1, 0.15) is 0 Å². The minimum Gasteiger partial charge on any atom is -0.481 e. The fourth-order valence-corrected chi connectivity index (χ4v) is 2.57. The summed E-state index contributed by atoms with van der Waals surface area (Å²) >= 11 is 1.76. The van der Waals surface area contributed by atoms with Gasteiger partial charge >= 0.3 is 5.97 Å². The average Bonchev–Trinajstić information content (AvgIpc) is 2.27. The maximum absolute atomic E-state index is 11.9. The van der Waals surface area contributed by atoms with Crippen LogP contribution in [0.15, 0.2) is 0 Å². The molecule has 0 aromatic carbocycles. The first-order valence-corrected chi connectivity index (χ1v) is 6.91. The third-order valence-corrected chi connectivity index (χ3v) is 3.73. The lowest BCUT2D eigenvalue weighted by Crippen LogP contribution is -2.54. The van der Waals surface area contributed by atoms with Crippen molar-refractivity contribution >= 4 is 23.6 Å². The van der Waals surface area contributed by atoms with Gasteiger partial charge in [-0.1, -0.05) is 0 Å². The Hall–Kier alpha value is -0.750. The molecule has 1 amide bonds. The molecule has 98 valence electrons. The summed E-state index contributed by atoms with van der Waals surface area (Å²) < 4.78 is 0. The Morgan fingerprint density at radius 1 is 1.53 bits per heavy atom. The molecule has 1 atom stereocenters. The predicted octanol–water partition coefficient (Wildman–Crippen LogP) is 0.451. The van der Waals surface area contributed by atoms with Crippen molar-refractivity contribution in [1.29, 1.82) is 0 Å². The van der Waals surface area contributed by atoms with E-state index >= 15 is 0 Å². The van der Waals surface area contributed by atoms with Crippen LogP contribution in [0, 0.1) is 0 Å². The molecule has 0 aromatic heterocycles. The Kier molecular flexibility index (Phi) is 5.27. The minimum atomic E-state index is -0.835. The number of thioether (sulfide) groups is 1. The smallest absolute Gasteiger partial charge is 0.303 e. The molecule has 1 heterocycles. The maximum Gasteiger partial charge on any atom is 0.303 e. The van der Waals surface area contributed by atoms with Crippen LogP contribution in [0.4, 0.5) is 0 Å². The summed E-state index contributed by atoms with van der Waals surface area (Å²) in [5, 5.41) is 14.7. The van der Waals surface area contributed by atoms with E-state index < -0.39 is 11.5 Å². The molecule has 0 bridgehead atoms. The Bertz CT molecular complexity index is 288. The molecule has 0 aromatic rings. The number of hydrogen-bond acceptors (Lipinski definition) is 4. The summed E-state index contributed by atoms with van der Waals surface area (Å²) in [7, 11) is 0. The van der Waals surface area contributed by atoms with E-state index in [1.54, 1.807) is 11.8 Å². The molecule has 3 N–H and O–H groups in total. The first-order valence-electron chi connectivity index (χ1n) is 5.76. The molecule has 1 fully saturated rings. The molecule has 5 nitrogen and oxygen atoms in total.